The quantitative estimate of drug-likeness (QED) is 0.306. The Bertz CT molecular complexity index is 1570. The van der Waals surface area contributed by atoms with Gasteiger partial charge >= 0.3 is 6.18 Å². The van der Waals surface area contributed by atoms with Crippen LogP contribution in [0.2, 0.25) is 0 Å². The maximum Gasteiger partial charge on any atom is 0.392 e. The molecule has 4 aromatic rings. The highest BCUT2D eigenvalue weighted by atomic mass is 32.2. The molecule has 0 aliphatic carbocycles. The minimum atomic E-state index is -4.38. The summed E-state index contributed by atoms with van der Waals surface area (Å²) in [4.78, 5) is 5.66. The van der Waals surface area contributed by atoms with Gasteiger partial charge in [-0.2, -0.15) is 22.6 Å². The van der Waals surface area contributed by atoms with Crippen molar-refractivity contribution in [2.24, 2.45) is 5.92 Å². The van der Waals surface area contributed by atoms with E-state index in [0.29, 0.717) is 5.69 Å². The van der Waals surface area contributed by atoms with Crippen LogP contribution in [0.15, 0.2) is 72.0 Å². The van der Waals surface area contributed by atoms with Crippen molar-refractivity contribution in [2.75, 3.05) is 26.2 Å². The van der Waals surface area contributed by atoms with Crippen molar-refractivity contribution in [2.45, 2.75) is 31.0 Å². The molecule has 1 saturated heterocycles. The third kappa shape index (κ3) is 5.41. The van der Waals surface area contributed by atoms with Gasteiger partial charge in [-0.3, -0.25) is 9.88 Å². The summed E-state index contributed by atoms with van der Waals surface area (Å²) >= 11 is 0. The molecule has 0 radical (unpaired) electrons. The molecule has 7 nitrogen and oxygen atoms in total. The molecule has 1 aliphatic rings. The standard InChI is InChI=1S/C27H27F4N5O2S/c1-18-12-25-20(14-33-36(25)22-7-5-21(28)6-8-22)13-24(18)26-17-35(39(37,38)23-4-3-9-32-15-23)11-10-34(26)16-19(2)27(29,30)31/h3-9,12-15,19,26H,10-11,16-17H2,1-2H3. The number of piperazine rings is 1. The lowest BCUT2D eigenvalue weighted by Crippen LogP contribution is -2.52. The zero-order valence-corrected chi connectivity index (χ0v) is 22.1. The van der Waals surface area contributed by atoms with Crippen LogP contribution in [-0.2, 0) is 10.0 Å². The molecular formula is C27H27F4N5O2S. The summed E-state index contributed by atoms with van der Waals surface area (Å²) in [6.07, 6.45) is 0.00259. The van der Waals surface area contributed by atoms with Crippen LogP contribution >= 0.6 is 0 Å². The molecule has 206 valence electrons. The number of benzene rings is 2. The Kier molecular flexibility index (Phi) is 7.21. The van der Waals surface area contributed by atoms with Gasteiger partial charge in [0.15, 0.2) is 0 Å². The number of alkyl halides is 3. The molecule has 0 amide bonds. The van der Waals surface area contributed by atoms with E-state index >= 15 is 0 Å². The van der Waals surface area contributed by atoms with E-state index in [9.17, 15) is 26.0 Å². The third-order valence-corrected chi connectivity index (χ3v) is 9.03. The maximum absolute atomic E-state index is 13.5. The zero-order valence-electron chi connectivity index (χ0n) is 21.3. The first-order valence-corrected chi connectivity index (χ1v) is 13.8. The van der Waals surface area contributed by atoms with Crippen LogP contribution in [0.25, 0.3) is 16.6 Å². The molecule has 39 heavy (non-hydrogen) atoms. The summed E-state index contributed by atoms with van der Waals surface area (Å²) in [6.45, 7) is 2.90. The van der Waals surface area contributed by atoms with Crippen LogP contribution in [0.4, 0.5) is 17.6 Å². The summed E-state index contributed by atoms with van der Waals surface area (Å²) in [6, 6.07) is 12.0. The number of sulfonamides is 1. The van der Waals surface area contributed by atoms with E-state index in [1.807, 2.05) is 19.1 Å². The van der Waals surface area contributed by atoms with Crippen molar-refractivity contribution in [1.29, 1.82) is 0 Å². The van der Waals surface area contributed by atoms with Crippen LogP contribution < -0.4 is 0 Å². The van der Waals surface area contributed by atoms with Crippen molar-refractivity contribution in [3.05, 3.63) is 84.1 Å². The Morgan fingerprint density at radius 1 is 1.08 bits per heavy atom. The van der Waals surface area contributed by atoms with Gasteiger partial charge in [0.05, 0.1) is 23.3 Å². The fraction of sp³-hybridized carbons (Fsp3) is 0.333. The number of nitrogens with zero attached hydrogens (tertiary/aromatic N) is 5. The van der Waals surface area contributed by atoms with Gasteiger partial charge < -0.3 is 0 Å². The highest BCUT2D eigenvalue weighted by Gasteiger charge is 2.41. The van der Waals surface area contributed by atoms with E-state index < -0.39 is 28.2 Å². The molecule has 1 fully saturated rings. The number of rotatable bonds is 6. The number of hydrogen-bond donors (Lipinski definition) is 0. The van der Waals surface area contributed by atoms with Crippen molar-refractivity contribution < 1.29 is 26.0 Å². The van der Waals surface area contributed by atoms with Gasteiger partial charge in [0.2, 0.25) is 10.0 Å². The Morgan fingerprint density at radius 3 is 2.49 bits per heavy atom. The Balaban J connectivity index is 1.54. The van der Waals surface area contributed by atoms with Crippen molar-refractivity contribution in [3.63, 3.8) is 0 Å². The topological polar surface area (TPSA) is 71.3 Å². The predicted molar refractivity (Wildman–Crippen MR) is 138 cm³/mol. The lowest BCUT2D eigenvalue weighted by atomic mass is 9.95. The molecule has 12 heteroatoms. The van der Waals surface area contributed by atoms with Gasteiger partial charge in [-0.1, -0.05) is 6.92 Å². The van der Waals surface area contributed by atoms with E-state index in [-0.39, 0.29) is 36.9 Å². The fourth-order valence-electron chi connectivity index (χ4n) is 4.97. The molecular weight excluding hydrogens is 534 g/mol. The van der Waals surface area contributed by atoms with Crippen LogP contribution in [-0.4, -0.2) is 64.7 Å². The highest BCUT2D eigenvalue weighted by molar-refractivity contribution is 7.89. The summed E-state index contributed by atoms with van der Waals surface area (Å²) in [5.74, 6) is -1.96. The number of aryl methyl sites for hydroxylation is 1. The predicted octanol–water partition coefficient (Wildman–Crippen LogP) is 5.11. The minimum Gasteiger partial charge on any atom is -0.293 e. The van der Waals surface area contributed by atoms with E-state index in [1.165, 1.54) is 41.0 Å². The lowest BCUT2D eigenvalue weighted by molar-refractivity contribution is -0.176. The third-order valence-electron chi connectivity index (χ3n) is 7.18. The normalized spacial score (nSPS) is 18.5. The molecule has 0 saturated carbocycles. The summed E-state index contributed by atoms with van der Waals surface area (Å²) in [5.41, 5.74) is 2.91. The van der Waals surface area contributed by atoms with Crippen molar-refractivity contribution in [3.8, 4) is 5.69 Å². The molecule has 2 atom stereocenters. The van der Waals surface area contributed by atoms with Crippen LogP contribution in [0.3, 0.4) is 0 Å². The second-order valence-corrected chi connectivity index (χ2v) is 11.7. The Hall–Kier alpha value is -3.35. The van der Waals surface area contributed by atoms with Gasteiger partial charge in [-0.15, -0.1) is 0 Å². The fourth-order valence-corrected chi connectivity index (χ4v) is 6.38. The molecule has 5 rings (SSSR count). The number of halogens is 4. The Labute approximate surface area is 223 Å². The van der Waals surface area contributed by atoms with Crippen molar-refractivity contribution in [1.82, 2.24) is 24.0 Å². The largest absolute Gasteiger partial charge is 0.392 e. The molecule has 3 heterocycles. The molecule has 0 spiro atoms. The van der Waals surface area contributed by atoms with Gasteiger partial charge in [-0.05, 0) is 66.6 Å². The average molecular weight is 562 g/mol. The summed E-state index contributed by atoms with van der Waals surface area (Å²) in [5, 5.41) is 5.17. The van der Waals surface area contributed by atoms with Crippen molar-refractivity contribution >= 4 is 20.9 Å². The zero-order chi connectivity index (χ0) is 27.9. The van der Waals surface area contributed by atoms with E-state index in [0.717, 1.165) is 29.0 Å². The van der Waals surface area contributed by atoms with E-state index in [4.69, 9.17) is 0 Å². The first kappa shape index (κ1) is 27.2. The summed E-state index contributed by atoms with van der Waals surface area (Å²) < 4.78 is 83.7. The van der Waals surface area contributed by atoms with Gasteiger partial charge in [0, 0.05) is 50.0 Å². The van der Waals surface area contributed by atoms with Gasteiger partial charge in [0.1, 0.15) is 10.7 Å². The number of pyridine rings is 1. The minimum absolute atomic E-state index is 0.0136. The summed E-state index contributed by atoms with van der Waals surface area (Å²) in [7, 11) is -3.90. The molecule has 0 N–H and O–H groups in total. The smallest absolute Gasteiger partial charge is 0.293 e. The maximum atomic E-state index is 13.5. The van der Waals surface area contributed by atoms with Gasteiger partial charge in [-0.25, -0.2) is 17.5 Å². The SMILES string of the molecule is Cc1cc2c(cnn2-c2ccc(F)cc2)cc1C1CN(S(=O)(=O)c2cccnc2)CCN1CC(C)C(F)(F)F. The molecule has 2 unspecified atom stereocenters. The average Bonchev–Trinajstić information content (AvgIpc) is 3.31. The number of aromatic nitrogens is 3. The second-order valence-electron chi connectivity index (χ2n) is 9.81. The number of hydrogen-bond acceptors (Lipinski definition) is 5. The highest BCUT2D eigenvalue weighted by Crippen LogP contribution is 2.36. The molecule has 0 bridgehead atoms. The van der Waals surface area contributed by atoms with Crippen LogP contribution in [0.5, 0.6) is 0 Å². The molecule has 1 aliphatic heterocycles. The monoisotopic (exact) mass is 561 g/mol. The Morgan fingerprint density at radius 2 is 1.82 bits per heavy atom. The molecule has 2 aromatic carbocycles. The van der Waals surface area contributed by atoms with Crippen LogP contribution in [0.1, 0.15) is 24.1 Å². The number of fused-ring (bicyclic) bond motifs is 1. The van der Waals surface area contributed by atoms with E-state index in [1.54, 1.807) is 27.9 Å². The second kappa shape index (κ2) is 10.3. The van der Waals surface area contributed by atoms with Gasteiger partial charge in [0.25, 0.3) is 0 Å². The van der Waals surface area contributed by atoms with E-state index in [2.05, 4.69) is 10.1 Å². The molecule has 2 aromatic heterocycles. The first-order chi connectivity index (χ1) is 18.4. The van der Waals surface area contributed by atoms with Crippen LogP contribution in [0, 0.1) is 18.7 Å². The lowest BCUT2D eigenvalue weighted by Gasteiger charge is -2.42. The first-order valence-electron chi connectivity index (χ1n) is 12.4.